The monoisotopic (exact) mass is 470 g/mol. The SMILES string of the molecule is CN(C)CC(C)(C)Cn1c(S(=O)(=O)Cc2ccccc2)nc2cc(C=CC(=O)NO)ccc21. The van der Waals surface area contributed by atoms with E-state index in [-0.39, 0.29) is 16.3 Å². The Morgan fingerprint density at radius 1 is 1.18 bits per heavy atom. The zero-order chi connectivity index (χ0) is 24.2. The van der Waals surface area contributed by atoms with Gasteiger partial charge in [0.2, 0.25) is 15.0 Å². The molecule has 0 saturated carbocycles. The summed E-state index contributed by atoms with van der Waals surface area (Å²) >= 11 is 0. The van der Waals surface area contributed by atoms with Crippen LogP contribution in [0.2, 0.25) is 0 Å². The lowest BCUT2D eigenvalue weighted by atomic mass is 9.93. The molecule has 0 fully saturated rings. The summed E-state index contributed by atoms with van der Waals surface area (Å²) in [4.78, 5) is 17.9. The molecule has 0 bridgehead atoms. The zero-order valence-corrected chi connectivity index (χ0v) is 20.1. The topological polar surface area (TPSA) is 105 Å². The molecule has 0 aliphatic rings. The zero-order valence-electron chi connectivity index (χ0n) is 19.3. The first-order chi connectivity index (χ1) is 15.5. The third-order valence-corrected chi connectivity index (χ3v) is 6.66. The molecular weight excluding hydrogens is 440 g/mol. The fraction of sp³-hybridized carbons (Fsp3) is 0.333. The van der Waals surface area contributed by atoms with Gasteiger partial charge in [-0.1, -0.05) is 50.2 Å². The van der Waals surface area contributed by atoms with Crippen LogP contribution in [-0.4, -0.2) is 54.6 Å². The Morgan fingerprint density at radius 2 is 1.88 bits per heavy atom. The highest BCUT2D eigenvalue weighted by atomic mass is 32.2. The summed E-state index contributed by atoms with van der Waals surface area (Å²) in [7, 11) is 0.250. The highest BCUT2D eigenvalue weighted by Crippen LogP contribution is 2.29. The third kappa shape index (κ3) is 6.28. The Hall–Kier alpha value is -3.01. The minimum Gasteiger partial charge on any atom is -0.314 e. The number of benzene rings is 2. The molecule has 0 saturated heterocycles. The Bertz CT molecular complexity index is 1260. The molecule has 0 spiro atoms. The van der Waals surface area contributed by atoms with Gasteiger partial charge in [-0.15, -0.1) is 0 Å². The summed E-state index contributed by atoms with van der Waals surface area (Å²) in [5, 5.41) is 8.70. The number of hydrogen-bond acceptors (Lipinski definition) is 6. The van der Waals surface area contributed by atoms with E-state index in [4.69, 9.17) is 5.21 Å². The summed E-state index contributed by atoms with van der Waals surface area (Å²) in [6.45, 7) is 5.42. The van der Waals surface area contributed by atoms with Crippen molar-refractivity contribution in [3.8, 4) is 0 Å². The lowest BCUT2D eigenvalue weighted by Gasteiger charge is -2.29. The van der Waals surface area contributed by atoms with Crippen LogP contribution in [-0.2, 0) is 26.9 Å². The number of aromatic nitrogens is 2. The molecule has 0 aliphatic carbocycles. The highest BCUT2D eigenvalue weighted by molar-refractivity contribution is 7.90. The van der Waals surface area contributed by atoms with E-state index in [1.807, 2.05) is 38.4 Å². The molecule has 1 amide bonds. The van der Waals surface area contributed by atoms with Gasteiger partial charge in [-0.25, -0.2) is 18.9 Å². The van der Waals surface area contributed by atoms with Crippen LogP contribution in [0.1, 0.15) is 25.0 Å². The predicted octanol–water partition coefficient (Wildman–Crippen LogP) is 3.12. The molecule has 3 rings (SSSR count). The minimum atomic E-state index is -3.73. The molecule has 8 nitrogen and oxygen atoms in total. The van der Waals surface area contributed by atoms with Crippen LogP contribution in [0.3, 0.4) is 0 Å². The first-order valence-corrected chi connectivity index (χ1v) is 12.2. The van der Waals surface area contributed by atoms with Crippen molar-refractivity contribution in [1.29, 1.82) is 0 Å². The Balaban J connectivity index is 2.10. The van der Waals surface area contributed by atoms with Gasteiger partial charge in [-0.2, -0.15) is 0 Å². The molecule has 1 aromatic heterocycles. The van der Waals surface area contributed by atoms with Crippen LogP contribution >= 0.6 is 0 Å². The van der Waals surface area contributed by atoms with Crippen molar-refractivity contribution in [2.45, 2.75) is 31.3 Å². The number of imidazole rings is 1. The fourth-order valence-corrected chi connectivity index (χ4v) is 5.52. The number of hydroxylamine groups is 1. The Kier molecular flexibility index (Phi) is 7.36. The van der Waals surface area contributed by atoms with E-state index in [0.29, 0.717) is 28.7 Å². The second-order valence-electron chi connectivity index (χ2n) is 9.18. The molecular formula is C24H30N4O4S. The second-order valence-corrected chi connectivity index (χ2v) is 11.1. The van der Waals surface area contributed by atoms with Crippen LogP contribution in [0.5, 0.6) is 0 Å². The number of rotatable bonds is 9. The summed E-state index contributed by atoms with van der Waals surface area (Å²) in [6.07, 6.45) is 2.71. The van der Waals surface area contributed by atoms with E-state index in [9.17, 15) is 13.2 Å². The molecule has 176 valence electrons. The molecule has 1 heterocycles. The molecule has 33 heavy (non-hydrogen) atoms. The number of amides is 1. The van der Waals surface area contributed by atoms with Crippen molar-refractivity contribution >= 4 is 32.9 Å². The number of nitrogens with one attached hydrogen (secondary N) is 1. The normalized spacial score (nSPS) is 12.7. The van der Waals surface area contributed by atoms with Crippen molar-refractivity contribution in [1.82, 2.24) is 19.9 Å². The number of carbonyl (C=O) groups is 1. The fourth-order valence-electron chi connectivity index (χ4n) is 4.02. The first-order valence-electron chi connectivity index (χ1n) is 10.5. The van der Waals surface area contributed by atoms with E-state index in [1.165, 1.54) is 12.2 Å². The summed E-state index contributed by atoms with van der Waals surface area (Å²) in [5.74, 6) is -0.800. The largest absolute Gasteiger partial charge is 0.314 e. The van der Waals surface area contributed by atoms with Crippen molar-refractivity contribution in [3.63, 3.8) is 0 Å². The van der Waals surface area contributed by atoms with E-state index in [0.717, 1.165) is 6.54 Å². The predicted molar refractivity (Wildman–Crippen MR) is 128 cm³/mol. The van der Waals surface area contributed by atoms with E-state index >= 15 is 0 Å². The Morgan fingerprint density at radius 3 is 2.52 bits per heavy atom. The van der Waals surface area contributed by atoms with Crippen molar-refractivity contribution in [2.24, 2.45) is 5.41 Å². The second kappa shape index (κ2) is 9.86. The standard InChI is InChI=1S/C24H30N4O4S/c1-24(2,16-27(3)4)17-28-21-12-10-18(11-13-22(29)26-30)14-20(21)25-23(28)33(31,32)15-19-8-6-5-7-9-19/h5-14,30H,15-17H2,1-4H3,(H,26,29). The van der Waals surface area contributed by atoms with Gasteiger partial charge in [0.25, 0.3) is 5.91 Å². The van der Waals surface area contributed by atoms with Gasteiger partial charge in [0.1, 0.15) is 0 Å². The van der Waals surface area contributed by atoms with Crippen molar-refractivity contribution < 1.29 is 18.4 Å². The smallest absolute Gasteiger partial charge is 0.267 e. The lowest BCUT2D eigenvalue weighted by molar-refractivity contribution is -0.124. The average Bonchev–Trinajstić information content (AvgIpc) is 3.09. The van der Waals surface area contributed by atoms with Crippen molar-refractivity contribution in [2.75, 3.05) is 20.6 Å². The maximum absolute atomic E-state index is 13.5. The van der Waals surface area contributed by atoms with Gasteiger partial charge < -0.3 is 9.47 Å². The van der Waals surface area contributed by atoms with E-state index < -0.39 is 15.7 Å². The van der Waals surface area contributed by atoms with Gasteiger partial charge in [-0.05, 0) is 48.8 Å². The van der Waals surface area contributed by atoms with Gasteiger partial charge in [0.05, 0.1) is 16.8 Å². The molecule has 9 heteroatoms. The maximum atomic E-state index is 13.5. The molecule has 0 unspecified atom stereocenters. The van der Waals surface area contributed by atoms with Crippen LogP contribution in [0.4, 0.5) is 0 Å². The van der Waals surface area contributed by atoms with Crippen LogP contribution < -0.4 is 5.48 Å². The number of hydrogen-bond donors (Lipinski definition) is 2. The molecule has 0 aliphatic heterocycles. The van der Waals surface area contributed by atoms with E-state index in [2.05, 4.69) is 23.7 Å². The first kappa shape index (κ1) is 24.6. The van der Waals surface area contributed by atoms with Crippen LogP contribution in [0, 0.1) is 5.41 Å². The van der Waals surface area contributed by atoms with Gasteiger partial charge in [0, 0.05) is 19.2 Å². The molecule has 0 radical (unpaired) electrons. The summed E-state index contributed by atoms with van der Waals surface area (Å²) < 4.78 is 28.7. The third-order valence-electron chi connectivity index (χ3n) is 5.08. The van der Waals surface area contributed by atoms with Crippen LogP contribution in [0.15, 0.2) is 59.8 Å². The number of fused-ring (bicyclic) bond motifs is 1. The lowest BCUT2D eigenvalue weighted by Crippen LogP contribution is -2.33. The molecule has 2 aromatic carbocycles. The quantitative estimate of drug-likeness (QED) is 0.283. The number of nitrogens with zero attached hydrogens (tertiary/aromatic N) is 3. The molecule has 2 N–H and O–H groups in total. The average molecular weight is 471 g/mol. The number of carbonyl (C=O) groups excluding carboxylic acids is 1. The van der Waals surface area contributed by atoms with Gasteiger partial charge in [-0.3, -0.25) is 10.0 Å². The summed E-state index contributed by atoms with van der Waals surface area (Å²) in [6, 6.07) is 14.4. The van der Waals surface area contributed by atoms with E-state index in [1.54, 1.807) is 34.3 Å². The number of sulfone groups is 1. The van der Waals surface area contributed by atoms with Gasteiger partial charge >= 0.3 is 0 Å². The van der Waals surface area contributed by atoms with Gasteiger partial charge in [0.15, 0.2) is 0 Å². The summed E-state index contributed by atoms with van der Waals surface area (Å²) in [5.41, 5.74) is 3.91. The minimum absolute atomic E-state index is 0.0300. The maximum Gasteiger partial charge on any atom is 0.267 e. The Labute approximate surface area is 194 Å². The van der Waals surface area contributed by atoms with Crippen molar-refractivity contribution in [3.05, 3.63) is 65.7 Å². The van der Waals surface area contributed by atoms with Crippen LogP contribution in [0.25, 0.3) is 17.1 Å². The molecule has 3 aromatic rings. The highest BCUT2D eigenvalue weighted by Gasteiger charge is 2.29. The molecule has 0 atom stereocenters.